The highest BCUT2D eigenvalue weighted by molar-refractivity contribution is 7.73. The Morgan fingerprint density at radius 3 is 2.40 bits per heavy atom. The molecular formula is C15H31N2O2S+. The molecular weight excluding hydrogens is 272 g/mol. The highest BCUT2D eigenvalue weighted by Crippen LogP contribution is 2.23. The van der Waals surface area contributed by atoms with Crippen molar-refractivity contribution < 1.29 is 13.9 Å². The van der Waals surface area contributed by atoms with Gasteiger partial charge in [-0.05, 0) is 34.1 Å². The maximum absolute atomic E-state index is 12.3. The van der Waals surface area contributed by atoms with Gasteiger partial charge in [0.2, 0.25) is 6.34 Å². The zero-order chi connectivity index (χ0) is 16.0. The Balaban J connectivity index is 4.65. The molecule has 0 spiro atoms. The highest BCUT2D eigenvalue weighted by Gasteiger charge is 2.33. The molecule has 1 atom stereocenters. The molecule has 4 nitrogen and oxygen atoms in total. The van der Waals surface area contributed by atoms with Gasteiger partial charge >= 0.3 is 0 Å². The topological polar surface area (TPSA) is 52.3 Å². The second-order valence-corrected chi connectivity index (χ2v) is 7.30. The number of Topliss-reactive ketones (excluding diaryl/α,β-unsaturated/α-hetero) is 1. The molecule has 0 aliphatic rings. The van der Waals surface area contributed by atoms with Gasteiger partial charge in [0.1, 0.15) is 17.9 Å². The minimum Gasteiger partial charge on any atom is -0.396 e. The molecule has 0 rings (SSSR count). The van der Waals surface area contributed by atoms with E-state index in [9.17, 15) is 4.79 Å². The van der Waals surface area contributed by atoms with Gasteiger partial charge in [0.25, 0.3) is 0 Å². The van der Waals surface area contributed by atoms with Crippen molar-refractivity contribution in [3.8, 4) is 0 Å². The molecule has 0 aromatic heterocycles. The quantitative estimate of drug-likeness (QED) is 0.265. The number of carbonyl (C=O) groups is 1. The van der Waals surface area contributed by atoms with Crippen molar-refractivity contribution in [1.29, 1.82) is 0 Å². The summed E-state index contributed by atoms with van der Waals surface area (Å²) in [4.78, 5) is 12.3. The zero-order valence-corrected chi connectivity index (χ0v) is 14.6. The number of nitrogens with zero attached hydrogens (tertiary/aromatic N) is 1. The Bertz CT molecular complexity index is 352. The molecule has 2 N–H and O–H groups in total. The largest absolute Gasteiger partial charge is 0.396 e. The third-order valence-electron chi connectivity index (χ3n) is 3.63. The SMILES string of the molecule is CCC(C)C(=O)C(C)(C)C/[N+](S)=C/NC(C)(C)CCO. The smallest absolute Gasteiger partial charge is 0.243 e. The Labute approximate surface area is 129 Å². The molecule has 0 aliphatic heterocycles. The van der Waals surface area contributed by atoms with E-state index in [0.717, 1.165) is 6.42 Å². The first-order valence-electron chi connectivity index (χ1n) is 7.27. The van der Waals surface area contributed by atoms with Crippen LogP contribution in [0.3, 0.4) is 0 Å². The summed E-state index contributed by atoms with van der Waals surface area (Å²) in [5.74, 6) is 0.340. The number of aliphatic hydroxyl groups excluding tert-OH is 1. The maximum Gasteiger partial charge on any atom is 0.243 e. The van der Waals surface area contributed by atoms with E-state index in [0.29, 0.717) is 13.0 Å². The molecule has 0 aliphatic carbocycles. The lowest BCUT2D eigenvalue weighted by Gasteiger charge is -2.25. The molecule has 1 unspecified atom stereocenters. The van der Waals surface area contributed by atoms with E-state index >= 15 is 0 Å². The Kier molecular flexibility index (Phi) is 7.81. The number of ketones is 1. The molecule has 0 saturated heterocycles. The Morgan fingerprint density at radius 1 is 1.40 bits per heavy atom. The van der Waals surface area contributed by atoms with E-state index in [2.05, 4.69) is 18.1 Å². The fourth-order valence-corrected chi connectivity index (χ4v) is 2.39. The normalized spacial score (nSPS) is 15.1. The molecule has 0 aromatic carbocycles. The van der Waals surface area contributed by atoms with E-state index < -0.39 is 5.41 Å². The summed E-state index contributed by atoms with van der Waals surface area (Å²) in [6.45, 7) is 12.6. The first-order chi connectivity index (χ1) is 9.05. The van der Waals surface area contributed by atoms with E-state index in [-0.39, 0.29) is 23.8 Å². The maximum atomic E-state index is 12.3. The van der Waals surface area contributed by atoms with Gasteiger partial charge in [-0.2, -0.15) is 0 Å². The predicted molar refractivity (Wildman–Crippen MR) is 87.3 cm³/mol. The lowest BCUT2D eigenvalue weighted by Crippen LogP contribution is -2.42. The first kappa shape index (κ1) is 19.4. The predicted octanol–water partition coefficient (Wildman–Crippen LogP) is 2.26. The lowest BCUT2D eigenvalue weighted by molar-refractivity contribution is -0.358. The second-order valence-electron chi connectivity index (χ2n) is 6.79. The number of hydrogen-bond donors (Lipinski definition) is 3. The van der Waals surface area contributed by atoms with Gasteiger partial charge in [-0.3, -0.25) is 10.1 Å². The summed E-state index contributed by atoms with van der Waals surface area (Å²) in [6, 6.07) is 0. The fourth-order valence-electron chi connectivity index (χ4n) is 1.98. The summed E-state index contributed by atoms with van der Waals surface area (Å²) < 4.78 is 1.71. The summed E-state index contributed by atoms with van der Waals surface area (Å²) >= 11 is 4.40. The van der Waals surface area contributed by atoms with Crippen LogP contribution in [0, 0.1) is 11.3 Å². The van der Waals surface area contributed by atoms with E-state index in [1.807, 2.05) is 41.5 Å². The van der Waals surface area contributed by atoms with Gasteiger partial charge in [-0.1, -0.05) is 13.8 Å². The van der Waals surface area contributed by atoms with Crippen LogP contribution in [0.15, 0.2) is 0 Å². The van der Waals surface area contributed by atoms with Crippen molar-refractivity contribution in [3.63, 3.8) is 0 Å². The van der Waals surface area contributed by atoms with Crippen molar-refractivity contribution >= 4 is 24.9 Å². The number of rotatable bonds is 9. The monoisotopic (exact) mass is 303 g/mol. The van der Waals surface area contributed by atoms with Crippen LogP contribution < -0.4 is 5.32 Å². The fraction of sp³-hybridized carbons (Fsp3) is 0.867. The summed E-state index contributed by atoms with van der Waals surface area (Å²) in [6.07, 6.45) is 3.28. The van der Waals surface area contributed by atoms with Crippen molar-refractivity contribution in [2.75, 3.05) is 13.2 Å². The van der Waals surface area contributed by atoms with E-state index in [1.165, 1.54) is 0 Å². The van der Waals surface area contributed by atoms with Gasteiger partial charge in [-0.25, -0.2) is 3.98 Å². The van der Waals surface area contributed by atoms with Crippen molar-refractivity contribution in [1.82, 2.24) is 5.32 Å². The number of aliphatic hydroxyl groups is 1. The number of nitrogens with one attached hydrogen (secondary N) is 1. The molecule has 20 heavy (non-hydrogen) atoms. The van der Waals surface area contributed by atoms with Crippen molar-refractivity contribution in [3.05, 3.63) is 0 Å². The van der Waals surface area contributed by atoms with Gasteiger partial charge in [0, 0.05) is 31.8 Å². The molecule has 0 heterocycles. The standard InChI is InChI=1S/C15H30N2O2S/c1-7-12(2)13(19)14(3,4)10-17(20)11-16-15(5,6)8-9-18/h11-12,18,20H,7-10H2,1-6H3/p+1. The van der Waals surface area contributed by atoms with Crippen molar-refractivity contribution in [2.45, 2.75) is 59.9 Å². The number of carbonyl (C=O) groups excluding carboxylic acids is 1. The van der Waals surface area contributed by atoms with Crippen LogP contribution in [0.25, 0.3) is 0 Å². The molecule has 0 radical (unpaired) electrons. The van der Waals surface area contributed by atoms with Gasteiger partial charge in [0.05, 0.1) is 5.41 Å². The van der Waals surface area contributed by atoms with Crippen molar-refractivity contribution in [2.24, 2.45) is 11.3 Å². The molecule has 0 aromatic rings. The van der Waals surface area contributed by atoms with E-state index in [1.54, 1.807) is 10.3 Å². The molecule has 0 amide bonds. The Morgan fingerprint density at radius 2 is 1.95 bits per heavy atom. The number of thiol groups is 1. The number of hydrogen-bond acceptors (Lipinski definition) is 3. The highest BCUT2D eigenvalue weighted by atomic mass is 32.1. The van der Waals surface area contributed by atoms with Crippen LogP contribution in [-0.4, -0.2) is 39.9 Å². The van der Waals surface area contributed by atoms with Crippen LogP contribution >= 0.6 is 12.8 Å². The summed E-state index contributed by atoms with van der Waals surface area (Å²) in [5.41, 5.74) is -0.628. The molecule has 0 fully saturated rings. The van der Waals surface area contributed by atoms with Crippen LogP contribution in [-0.2, 0) is 4.79 Å². The lowest BCUT2D eigenvalue weighted by atomic mass is 9.81. The van der Waals surface area contributed by atoms with Crippen LogP contribution in [0.1, 0.15) is 54.4 Å². The van der Waals surface area contributed by atoms with E-state index in [4.69, 9.17) is 5.11 Å². The third kappa shape index (κ3) is 6.75. The van der Waals surface area contributed by atoms with Crippen LogP contribution in [0.2, 0.25) is 0 Å². The minimum absolute atomic E-state index is 0.0746. The van der Waals surface area contributed by atoms with Gasteiger partial charge in [0.15, 0.2) is 0 Å². The minimum atomic E-state index is -0.434. The van der Waals surface area contributed by atoms with Crippen LogP contribution in [0.5, 0.6) is 0 Å². The average molecular weight is 303 g/mol. The molecule has 0 bridgehead atoms. The van der Waals surface area contributed by atoms with Gasteiger partial charge < -0.3 is 5.11 Å². The zero-order valence-electron chi connectivity index (χ0n) is 13.7. The third-order valence-corrected chi connectivity index (χ3v) is 3.88. The summed E-state index contributed by atoms with van der Waals surface area (Å²) in [5, 5.41) is 12.2. The second kappa shape index (κ2) is 8.03. The van der Waals surface area contributed by atoms with Gasteiger partial charge in [-0.15, -0.1) is 0 Å². The molecule has 118 valence electrons. The molecule has 0 saturated carbocycles. The molecule has 5 heteroatoms. The summed E-state index contributed by atoms with van der Waals surface area (Å²) in [7, 11) is 0. The average Bonchev–Trinajstić information content (AvgIpc) is 2.34. The Hall–Kier alpha value is -0.550. The van der Waals surface area contributed by atoms with Crippen LogP contribution in [0.4, 0.5) is 0 Å². The first-order valence-corrected chi connectivity index (χ1v) is 7.67.